The van der Waals surface area contributed by atoms with Crippen molar-refractivity contribution in [1.29, 1.82) is 0 Å². The summed E-state index contributed by atoms with van der Waals surface area (Å²) in [5.74, 6) is 0. The van der Waals surface area contributed by atoms with Crippen LogP contribution in [0.2, 0.25) is 0 Å². The van der Waals surface area contributed by atoms with Crippen LogP contribution in [0.1, 0.15) is 0 Å². The first-order valence-corrected chi connectivity index (χ1v) is 6.96. The highest BCUT2D eigenvalue weighted by atomic mass is 13.4. The first-order valence-electron chi connectivity index (χ1n) is 6.96. The van der Waals surface area contributed by atoms with E-state index in [0.717, 1.165) is 0 Å². The molecule has 0 bridgehead atoms. The summed E-state index contributed by atoms with van der Waals surface area (Å²) in [5, 5.41) is 0. The van der Waals surface area contributed by atoms with Crippen LogP contribution in [0.5, 0.6) is 0 Å². The van der Waals surface area contributed by atoms with Gasteiger partial charge in [0.1, 0.15) is 0 Å². The van der Waals surface area contributed by atoms with Crippen LogP contribution in [0, 0.1) is 0 Å². The second-order valence-corrected chi connectivity index (χ2v) is 3.35. The SMILES string of the molecule is C=C=C=C=C=C=C=C=C=C=C=C=C=C=C=C=C=C=C=C=C=C=C=C=C=C=C=C. The van der Waals surface area contributed by atoms with Crippen LogP contribution in [0.25, 0.3) is 0 Å². The van der Waals surface area contributed by atoms with E-state index in [9.17, 15) is 0 Å². The predicted molar refractivity (Wildman–Crippen MR) is 103 cm³/mol. The topological polar surface area (TPSA) is 0 Å². The molecule has 0 radical (unpaired) electrons. The largest absolute Gasteiger partial charge is 0.0687 e. The van der Waals surface area contributed by atoms with Crippen LogP contribution in [0.3, 0.4) is 0 Å². The van der Waals surface area contributed by atoms with Crippen LogP contribution < -0.4 is 0 Å². The molecule has 0 unspecified atom stereocenters. The summed E-state index contributed by atoms with van der Waals surface area (Å²) in [6, 6.07) is 0. The summed E-state index contributed by atoms with van der Waals surface area (Å²) >= 11 is 0. The number of hydrogen-bond acceptors (Lipinski definition) is 0. The minimum atomic E-state index is 2.37. The molecule has 0 amide bonds. The second-order valence-electron chi connectivity index (χ2n) is 3.35. The molecule has 0 saturated carbocycles. The molecule has 0 aromatic heterocycles. The molecule has 0 heteroatoms. The normalized spacial score (nSPS) is 3.86. The standard InChI is InChI=1S/C28H4/c1-3-5-7-9-11-13-15-17-19-21-23-25-27-28-26-24-22-20-18-16-14-12-10-8-6-4-2/h1-2H2. The van der Waals surface area contributed by atoms with E-state index < -0.39 is 0 Å². The van der Waals surface area contributed by atoms with E-state index >= 15 is 0 Å². The highest BCUT2D eigenvalue weighted by Crippen LogP contribution is 1.58. The van der Waals surface area contributed by atoms with Gasteiger partial charge in [-0.1, -0.05) is 11.5 Å². The Bertz CT molecular complexity index is 1500. The molecule has 0 N–H and O–H groups in total. The van der Waals surface area contributed by atoms with E-state index in [1.54, 1.807) is 0 Å². The Hall–Kier alpha value is -5.98. The van der Waals surface area contributed by atoms with Crippen LogP contribution in [-0.2, 0) is 0 Å². The summed E-state index contributed by atoms with van der Waals surface area (Å²) in [7, 11) is 0. The lowest BCUT2D eigenvalue weighted by Crippen LogP contribution is -1.25. The zero-order chi connectivity index (χ0) is 20.4. The molecule has 0 aliphatic rings. The van der Waals surface area contributed by atoms with E-state index in [0.29, 0.717) is 0 Å². The Morgan fingerprint density at radius 3 is 0.393 bits per heavy atom. The minimum Gasteiger partial charge on any atom is -0.0687 e. The summed E-state index contributed by atoms with van der Waals surface area (Å²) in [6.45, 7) is 6.61. The Kier molecular flexibility index (Phi) is 16.5. The average Bonchev–Trinajstić information content (AvgIpc) is 2.71. The molecule has 0 saturated heterocycles. The molecule has 0 aromatic rings. The first kappa shape index (κ1) is 22.0. The van der Waals surface area contributed by atoms with Gasteiger partial charge in [0.2, 0.25) is 0 Å². The minimum absolute atomic E-state index is 2.37. The second kappa shape index (κ2) is 21.0. The summed E-state index contributed by atoms with van der Waals surface area (Å²) < 4.78 is 0. The van der Waals surface area contributed by atoms with Gasteiger partial charge >= 0.3 is 0 Å². The fraction of sp³-hybridized carbons (Fsp3) is 0. The van der Waals surface area contributed by atoms with Crippen molar-refractivity contribution in [3.05, 3.63) is 162 Å². The third kappa shape index (κ3) is 20.0. The Labute approximate surface area is 162 Å². The van der Waals surface area contributed by atoms with Crippen LogP contribution in [-0.4, -0.2) is 0 Å². The monoisotopic (exact) mass is 340 g/mol. The highest BCUT2D eigenvalue weighted by Gasteiger charge is 1.43. The van der Waals surface area contributed by atoms with Gasteiger partial charge in [0, 0.05) is 45.8 Å². The molecule has 0 atom stereocenters. The molecule has 0 aliphatic carbocycles. The van der Waals surface area contributed by atoms with Crippen molar-refractivity contribution in [2.75, 3.05) is 0 Å². The van der Waals surface area contributed by atoms with Gasteiger partial charge in [-0.25, -0.2) is 0 Å². The Morgan fingerprint density at radius 1 is 0.179 bits per heavy atom. The molecule has 116 valence electrons. The van der Waals surface area contributed by atoms with Gasteiger partial charge in [-0.3, -0.25) is 0 Å². The zero-order valence-corrected chi connectivity index (χ0v) is 14.4. The maximum absolute atomic E-state index is 3.30. The predicted octanol–water partition coefficient (Wildman–Crippen LogP) is 4.83. The van der Waals surface area contributed by atoms with Gasteiger partial charge in [-0.05, 0) is 105 Å². The van der Waals surface area contributed by atoms with E-state index in [4.69, 9.17) is 0 Å². The lowest BCUT2D eigenvalue weighted by Gasteiger charge is -1.41. The lowest BCUT2D eigenvalue weighted by atomic mass is 10.6. The van der Waals surface area contributed by atoms with Crippen LogP contribution in [0.15, 0.2) is 162 Å². The van der Waals surface area contributed by atoms with Crippen molar-refractivity contribution in [1.82, 2.24) is 0 Å². The molecule has 0 spiro atoms. The Morgan fingerprint density at radius 2 is 0.286 bits per heavy atom. The van der Waals surface area contributed by atoms with Gasteiger partial charge in [-0.2, -0.15) is 0 Å². The highest BCUT2D eigenvalue weighted by molar-refractivity contribution is 4.94. The third-order valence-corrected chi connectivity index (χ3v) is 1.61. The molecule has 0 aromatic carbocycles. The van der Waals surface area contributed by atoms with Gasteiger partial charge in [0.15, 0.2) is 0 Å². The van der Waals surface area contributed by atoms with Gasteiger partial charge in [0.05, 0.1) is 0 Å². The van der Waals surface area contributed by atoms with Gasteiger partial charge < -0.3 is 0 Å². The smallest absolute Gasteiger partial charge is 0 e. The quantitative estimate of drug-likeness (QED) is 0.554. The molecule has 0 fully saturated rings. The van der Waals surface area contributed by atoms with Gasteiger partial charge in [0.25, 0.3) is 0 Å². The summed E-state index contributed by atoms with van der Waals surface area (Å²) in [6.07, 6.45) is 0. The molecule has 28 heavy (non-hydrogen) atoms. The van der Waals surface area contributed by atoms with E-state index in [1.807, 2.05) is 0 Å². The third-order valence-electron chi connectivity index (χ3n) is 1.61. The van der Waals surface area contributed by atoms with Crippen LogP contribution >= 0.6 is 0 Å². The average molecular weight is 340 g/mol. The van der Waals surface area contributed by atoms with Crippen molar-refractivity contribution < 1.29 is 0 Å². The summed E-state index contributed by atoms with van der Waals surface area (Å²) in [5.41, 5.74) is 64.4. The maximum atomic E-state index is 3.30. The molecule has 0 nitrogen and oxygen atoms in total. The van der Waals surface area contributed by atoms with Crippen molar-refractivity contribution in [3.8, 4) is 0 Å². The van der Waals surface area contributed by atoms with E-state index in [2.05, 4.69) is 162 Å². The fourth-order valence-electron chi connectivity index (χ4n) is 0.776. The van der Waals surface area contributed by atoms with E-state index in [-0.39, 0.29) is 0 Å². The van der Waals surface area contributed by atoms with E-state index in [1.165, 1.54) is 0 Å². The van der Waals surface area contributed by atoms with Gasteiger partial charge in [-0.15, -0.1) is 0 Å². The van der Waals surface area contributed by atoms with Crippen molar-refractivity contribution in [3.63, 3.8) is 0 Å². The van der Waals surface area contributed by atoms with Crippen molar-refractivity contribution >= 4 is 0 Å². The fourth-order valence-corrected chi connectivity index (χ4v) is 0.776. The molecular weight excluding hydrogens is 336 g/mol. The van der Waals surface area contributed by atoms with Crippen LogP contribution in [0.4, 0.5) is 0 Å². The molecule has 0 heterocycles. The maximum Gasteiger partial charge on any atom is 0 e. The Balaban J connectivity index is 5.92. The molecule has 0 aliphatic heterocycles. The number of hydrogen-bond donors (Lipinski definition) is 0. The number of rotatable bonds is 0. The molecule has 0 rings (SSSR count). The zero-order valence-electron chi connectivity index (χ0n) is 14.4. The summed E-state index contributed by atoms with van der Waals surface area (Å²) in [4.78, 5) is 0. The first-order chi connectivity index (χ1) is 13.9. The molecular formula is C28H4. The van der Waals surface area contributed by atoms with Crippen molar-refractivity contribution in [2.24, 2.45) is 0 Å². The lowest BCUT2D eigenvalue weighted by molar-refractivity contribution is 2.11. The van der Waals surface area contributed by atoms with Crippen molar-refractivity contribution in [2.45, 2.75) is 0 Å².